The van der Waals surface area contributed by atoms with Crippen molar-refractivity contribution in [3.05, 3.63) is 72.4 Å². The molecule has 0 saturated heterocycles. The van der Waals surface area contributed by atoms with E-state index < -0.39 is 0 Å². The number of benzene rings is 2. The fourth-order valence-corrected chi connectivity index (χ4v) is 2.69. The van der Waals surface area contributed by atoms with Crippen LogP contribution in [0.2, 0.25) is 0 Å². The van der Waals surface area contributed by atoms with E-state index in [0.717, 1.165) is 11.3 Å². The van der Waals surface area contributed by atoms with Crippen LogP contribution in [0.15, 0.2) is 66.9 Å². The van der Waals surface area contributed by atoms with Crippen LogP contribution in [0, 0.1) is 0 Å². The van der Waals surface area contributed by atoms with Crippen molar-refractivity contribution in [3.63, 3.8) is 0 Å². The number of rotatable bonds is 3. The van der Waals surface area contributed by atoms with Gasteiger partial charge in [0.1, 0.15) is 11.3 Å². The molecular formula is C19H14N4O2. The largest absolute Gasteiger partial charge is 0.497 e. The van der Waals surface area contributed by atoms with Crippen LogP contribution in [0.4, 0.5) is 0 Å². The van der Waals surface area contributed by atoms with Crippen LogP contribution < -0.4 is 4.74 Å². The number of carbonyl (C=O) groups excluding carboxylic acids is 1. The van der Waals surface area contributed by atoms with Gasteiger partial charge in [0.05, 0.1) is 23.9 Å². The number of hydrogen-bond acceptors (Lipinski definition) is 5. The summed E-state index contributed by atoms with van der Waals surface area (Å²) in [6.45, 7) is 0. The highest BCUT2D eigenvalue weighted by atomic mass is 16.5. The molecule has 4 aromatic rings. The summed E-state index contributed by atoms with van der Waals surface area (Å²) in [6.07, 6.45) is 1.66. The second-order valence-corrected chi connectivity index (χ2v) is 5.42. The number of aromatic nitrogens is 4. The van der Waals surface area contributed by atoms with Gasteiger partial charge in [0.15, 0.2) is 0 Å². The average Bonchev–Trinajstić information content (AvgIpc) is 3.12. The fourth-order valence-electron chi connectivity index (χ4n) is 2.69. The molecule has 6 nitrogen and oxygen atoms in total. The molecule has 6 heteroatoms. The third kappa shape index (κ3) is 2.63. The molecule has 0 aliphatic rings. The first-order valence-electron chi connectivity index (χ1n) is 7.72. The third-order valence-corrected chi connectivity index (χ3v) is 3.95. The summed E-state index contributed by atoms with van der Waals surface area (Å²) in [5, 5.41) is 8.05. The zero-order valence-corrected chi connectivity index (χ0v) is 13.5. The van der Waals surface area contributed by atoms with E-state index in [0.29, 0.717) is 22.3 Å². The van der Waals surface area contributed by atoms with E-state index in [-0.39, 0.29) is 5.91 Å². The lowest BCUT2D eigenvalue weighted by Gasteiger charge is -2.08. The van der Waals surface area contributed by atoms with E-state index in [1.54, 1.807) is 25.4 Å². The first-order valence-corrected chi connectivity index (χ1v) is 7.72. The SMILES string of the molecule is COc1ccc(-c2ncccc2C(=O)n2nnc3ccccc32)cc1. The summed E-state index contributed by atoms with van der Waals surface area (Å²) in [6, 6.07) is 18.2. The van der Waals surface area contributed by atoms with Crippen molar-refractivity contribution in [3.8, 4) is 17.0 Å². The standard InChI is InChI=1S/C19H14N4O2/c1-25-14-10-8-13(9-11-14)18-15(5-4-12-20-18)19(24)23-17-7-3-2-6-16(17)21-22-23/h2-12H,1H3. The molecule has 4 rings (SSSR count). The Balaban J connectivity index is 1.81. The maximum Gasteiger partial charge on any atom is 0.282 e. The Labute approximate surface area is 143 Å². The van der Waals surface area contributed by atoms with Crippen LogP contribution >= 0.6 is 0 Å². The number of fused-ring (bicyclic) bond motifs is 1. The third-order valence-electron chi connectivity index (χ3n) is 3.95. The molecule has 2 aromatic heterocycles. The molecule has 0 bridgehead atoms. The zero-order valence-electron chi connectivity index (χ0n) is 13.5. The molecule has 0 atom stereocenters. The first-order chi connectivity index (χ1) is 12.3. The highest BCUT2D eigenvalue weighted by molar-refractivity contribution is 6.04. The van der Waals surface area contributed by atoms with Crippen molar-refractivity contribution in [1.82, 2.24) is 20.0 Å². The Hall–Kier alpha value is -3.54. The molecule has 0 aliphatic carbocycles. The Kier molecular flexibility index (Phi) is 3.70. The Morgan fingerprint density at radius 1 is 1.00 bits per heavy atom. The van der Waals surface area contributed by atoms with Gasteiger partial charge in [0.2, 0.25) is 0 Å². The predicted octanol–water partition coefficient (Wildman–Crippen LogP) is 3.19. The zero-order chi connectivity index (χ0) is 17.2. The smallest absolute Gasteiger partial charge is 0.282 e. The second kappa shape index (κ2) is 6.16. The highest BCUT2D eigenvalue weighted by Crippen LogP contribution is 2.25. The lowest BCUT2D eigenvalue weighted by Crippen LogP contribution is -2.15. The van der Waals surface area contributed by atoms with Crippen LogP contribution in [-0.2, 0) is 0 Å². The Morgan fingerprint density at radius 2 is 1.80 bits per heavy atom. The summed E-state index contributed by atoms with van der Waals surface area (Å²) in [5.74, 6) is 0.474. The molecule has 122 valence electrons. The van der Waals surface area contributed by atoms with Crippen molar-refractivity contribution in [2.75, 3.05) is 7.11 Å². The van der Waals surface area contributed by atoms with Crippen LogP contribution in [0.5, 0.6) is 5.75 Å². The van der Waals surface area contributed by atoms with Gasteiger partial charge < -0.3 is 4.74 Å². The molecule has 0 spiro atoms. The van der Waals surface area contributed by atoms with Gasteiger partial charge in [-0.25, -0.2) is 0 Å². The molecule has 0 saturated carbocycles. The van der Waals surface area contributed by atoms with Crippen molar-refractivity contribution in [2.45, 2.75) is 0 Å². The molecular weight excluding hydrogens is 316 g/mol. The summed E-state index contributed by atoms with van der Waals surface area (Å²) in [4.78, 5) is 17.4. The van der Waals surface area contributed by atoms with E-state index in [2.05, 4.69) is 15.3 Å². The van der Waals surface area contributed by atoms with E-state index in [9.17, 15) is 4.79 Å². The van der Waals surface area contributed by atoms with Gasteiger partial charge in [-0.05, 0) is 48.5 Å². The van der Waals surface area contributed by atoms with E-state index in [1.165, 1.54) is 4.68 Å². The fraction of sp³-hybridized carbons (Fsp3) is 0.0526. The molecule has 0 fully saturated rings. The summed E-state index contributed by atoms with van der Waals surface area (Å²) >= 11 is 0. The Bertz CT molecular complexity index is 1050. The number of pyridine rings is 1. The maximum atomic E-state index is 13.0. The first kappa shape index (κ1) is 15.0. The van der Waals surface area contributed by atoms with Gasteiger partial charge in [-0.2, -0.15) is 4.68 Å². The minimum Gasteiger partial charge on any atom is -0.497 e. The van der Waals surface area contributed by atoms with Crippen molar-refractivity contribution < 1.29 is 9.53 Å². The highest BCUT2D eigenvalue weighted by Gasteiger charge is 2.18. The number of nitrogens with zero attached hydrogens (tertiary/aromatic N) is 4. The Morgan fingerprint density at radius 3 is 2.60 bits per heavy atom. The summed E-state index contributed by atoms with van der Waals surface area (Å²) < 4.78 is 6.49. The van der Waals surface area contributed by atoms with Crippen LogP contribution in [0.25, 0.3) is 22.3 Å². The topological polar surface area (TPSA) is 69.9 Å². The monoisotopic (exact) mass is 330 g/mol. The van der Waals surface area contributed by atoms with Gasteiger partial charge >= 0.3 is 0 Å². The number of para-hydroxylation sites is 1. The van der Waals surface area contributed by atoms with Gasteiger partial charge in [-0.15, -0.1) is 5.10 Å². The van der Waals surface area contributed by atoms with Crippen LogP contribution in [0.1, 0.15) is 10.4 Å². The predicted molar refractivity (Wildman–Crippen MR) is 93.5 cm³/mol. The molecule has 0 N–H and O–H groups in total. The van der Waals surface area contributed by atoms with E-state index >= 15 is 0 Å². The van der Waals surface area contributed by atoms with Gasteiger partial charge in [0, 0.05) is 11.8 Å². The van der Waals surface area contributed by atoms with E-state index in [4.69, 9.17) is 4.74 Å². The maximum absolute atomic E-state index is 13.0. The van der Waals surface area contributed by atoms with Crippen LogP contribution in [0.3, 0.4) is 0 Å². The van der Waals surface area contributed by atoms with Crippen molar-refractivity contribution in [1.29, 1.82) is 0 Å². The van der Waals surface area contributed by atoms with Gasteiger partial charge in [-0.3, -0.25) is 9.78 Å². The minimum absolute atomic E-state index is 0.271. The van der Waals surface area contributed by atoms with Gasteiger partial charge in [0.25, 0.3) is 5.91 Å². The molecule has 2 heterocycles. The summed E-state index contributed by atoms with van der Waals surface area (Å²) in [7, 11) is 1.61. The molecule has 0 radical (unpaired) electrons. The lowest BCUT2D eigenvalue weighted by atomic mass is 10.1. The average molecular weight is 330 g/mol. The number of ether oxygens (including phenoxy) is 1. The molecule has 0 aliphatic heterocycles. The number of hydrogen-bond donors (Lipinski definition) is 0. The normalized spacial score (nSPS) is 10.8. The molecule has 2 aromatic carbocycles. The van der Waals surface area contributed by atoms with Crippen LogP contribution in [-0.4, -0.2) is 33.0 Å². The molecule has 0 unspecified atom stereocenters. The molecule has 25 heavy (non-hydrogen) atoms. The van der Waals surface area contributed by atoms with Crippen molar-refractivity contribution in [2.24, 2.45) is 0 Å². The minimum atomic E-state index is -0.271. The quantitative estimate of drug-likeness (QED) is 0.577. The number of carbonyl (C=O) groups is 1. The summed E-state index contributed by atoms with van der Waals surface area (Å²) in [5.41, 5.74) is 3.22. The number of methoxy groups -OCH3 is 1. The molecule has 0 amide bonds. The second-order valence-electron chi connectivity index (χ2n) is 5.42. The lowest BCUT2D eigenvalue weighted by molar-refractivity contribution is 0.0948. The van der Waals surface area contributed by atoms with E-state index in [1.807, 2.05) is 48.5 Å². The van der Waals surface area contributed by atoms with Gasteiger partial charge in [-0.1, -0.05) is 17.3 Å². The van der Waals surface area contributed by atoms with Crippen molar-refractivity contribution >= 4 is 16.9 Å².